The minimum atomic E-state index is -0.280. The van der Waals surface area contributed by atoms with Crippen molar-refractivity contribution in [3.8, 4) is 0 Å². The lowest BCUT2D eigenvalue weighted by atomic mass is 10.3. The molecule has 20 heavy (non-hydrogen) atoms. The third-order valence-corrected chi connectivity index (χ3v) is 3.99. The number of nitrogens with zero attached hydrogens (tertiary/aromatic N) is 4. The number of hydrogen-bond acceptors (Lipinski definition) is 3. The van der Waals surface area contributed by atoms with E-state index in [-0.39, 0.29) is 17.8 Å². The van der Waals surface area contributed by atoms with Crippen molar-refractivity contribution >= 4 is 22.6 Å². The topological polar surface area (TPSA) is 61.8 Å². The summed E-state index contributed by atoms with van der Waals surface area (Å²) in [5.74, 6) is 0. The molecule has 7 heteroatoms. The molecule has 0 unspecified atom stereocenters. The number of aryl methyl sites for hydroxylation is 3. The summed E-state index contributed by atoms with van der Waals surface area (Å²) in [4.78, 5) is 24.4. The molecule has 0 radical (unpaired) electrons. The van der Waals surface area contributed by atoms with E-state index in [9.17, 15) is 9.59 Å². The van der Waals surface area contributed by atoms with Crippen molar-refractivity contribution < 1.29 is 0 Å². The molecule has 2 aromatic rings. The minimum Gasteiger partial charge on any atom is -0.300 e. The van der Waals surface area contributed by atoms with Crippen LogP contribution in [-0.2, 0) is 26.6 Å². The molecule has 0 aromatic carbocycles. The van der Waals surface area contributed by atoms with E-state index in [1.165, 1.54) is 4.57 Å². The zero-order valence-electron chi connectivity index (χ0n) is 11.8. The molecule has 2 heterocycles. The largest absolute Gasteiger partial charge is 0.331 e. The first-order valence-corrected chi connectivity index (χ1v) is 7.57. The Hall–Kier alpha value is -1.38. The molecule has 0 spiro atoms. The van der Waals surface area contributed by atoms with Gasteiger partial charge in [0, 0.05) is 19.8 Å². The SMILES string of the molecule is CCc1cc(Cn2c(=O)c(I)cn(CC)c2=O)n(C)n1. The fourth-order valence-electron chi connectivity index (χ4n) is 2.04. The van der Waals surface area contributed by atoms with Crippen molar-refractivity contribution in [2.75, 3.05) is 0 Å². The van der Waals surface area contributed by atoms with Gasteiger partial charge in [-0.05, 0) is 42.0 Å². The molecule has 0 fully saturated rings. The summed E-state index contributed by atoms with van der Waals surface area (Å²) in [5.41, 5.74) is 1.28. The lowest BCUT2D eigenvalue weighted by Crippen LogP contribution is -2.41. The van der Waals surface area contributed by atoms with E-state index in [0.717, 1.165) is 17.8 Å². The fourth-order valence-corrected chi connectivity index (χ4v) is 2.67. The lowest BCUT2D eigenvalue weighted by molar-refractivity contribution is 0.571. The van der Waals surface area contributed by atoms with Crippen LogP contribution in [0, 0.1) is 3.57 Å². The molecule has 108 valence electrons. The predicted molar refractivity (Wildman–Crippen MR) is 85.0 cm³/mol. The van der Waals surface area contributed by atoms with Crippen LogP contribution in [-0.4, -0.2) is 18.9 Å². The van der Waals surface area contributed by atoms with Gasteiger partial charge >= 0.3 is 5.69 Å². The smallest absolute Gasteiger partial charge is 0.300 e. The van der Waals surface area contributed by atoms with E-state index < -0.39 is 0 Å². The van der Waals surface area contributed by atoms with Gasteiger partial charge in [0.25, 0.3) is 5.56 Å². The molecular weight excluding hydrogens is 371 g/mol. The summed E-state index contributed by atoms with van der Waals surface area (Å²) in [7, 11) is 1.83. The Labute approximate surface area is 130 Å². The van der Waals surface area contributed by atoms with Crippen molar-refractivity contribution in [1.82, 2.24) is 18.9 Å². The average molecular weight is 388 g/mol. The van der Waals surface area contributed by atoms with E-state index in [4.69, 9.17) is 0 Å². The molecule has 0 aliphatic carbocycles. The van der Waals surface area contributed by atoms with Crippen molar-refractivity contribution in [3.63, 3.8) is 0 Å². The van der Waals surface area contributed by atoms with Gasteiger partial charge in [-0.3, -0.25) is 18.6 Å². The van der Waals surface area contributed by atoms with Gasteiger partial charge in [0.15, 0.2) is 0 Å². The van der Waals surface area contributed by atoms with Gasteiger partial charge in [-0.25, -0.2) is 4.79 Å². The Balaban J connectivity index is 2.53. The van der Waals surface area contributed by atoms with Gasteiger partial charge in [-0.2, -0.15) is 5.10 Å². The van der Waals surface area contributed by atoms with E-state index in [2.05, 4.69) is 5.10 Å². The minimum absolute atomic E-state index is 0.248. The Morgan fingerprint density at radius 3 is 2.55 bits per heavy atom. The van der Waals surface area contributed by atoms with Crippen LogP contribution < -0.4 is 11.2 Å². The second kappa shape index (κ2) is 5.94. The Kier molecular flexibility index (Phi) is 4.46. The maximum Gasteiger partial charge on any atom is 0.331 e. The lowest BCUT2D eigenvalue weighted by Gasteiger charge is -2.09. The molecule has 2 rings (SSSR count). The first-order valence-electron chi connectivity index (χ1n) is 6.49. The molecule has 6 nitrogen and oxygen atoms in total. The quantitative estimate of drug-likeness (QED) is 0.734. The normalized spacial score (nSPS) is 11.0. The third kappa shape index (κ3) is 2.72. The fraction of sp³-hybridized carbons (Fsp3) is 0.462. The van der Waals surface area contributed by atoms with Gasteiger partial charge in [0.2, 0.25) is 0 Å². The molecule has 0 bridgehead atoms. The van der Waals surface area contributed by atoms with Crippen LogP contribution in [0.25, 0.3) is 0 Å². The molecule has 0 aliphatic heterocycles. The van der Waals surface area contributed by atoms with Crippen LogP contribution in [0.2, 0.25) is 0 Å². The highest BCUT2D eigenvalue weighted by molar-refractivity contribution is 14.1. The van der Waals surface area contributed by atoms with E-state index in [0.29, 0.717) is 10.1 Å². The predicted octanol–water partition coefficient (Wildman–Crippen LogP) is 0.979. The zero-order chi connectivity index (χ0) is 14.9. The van der Waals surface area contributed by atoms with Gasteiger partial charge in [-0.1, -0.05) is 6.92 Å². The number of halogens is 1. The average Bonchev–Trinajstić information content (AvgIpc) is 2.79. The van der Waals surface area contributed by atoms with Gasteiger partial charge in [0.05, 0.1) is 21.5 Å². The standard InChI is InChI=1S/C13H17IN4O2/c1-4-9-6-10(16(3)15-9)7-18-12(19)11(14)8-17(5-2)13(18)20/h6,8H,4-5,7H2,1-3H3. The Morgan fingerprint density at radius 1 is 1.30 bits per heavy atom. The summed E-state index contributed by atoms with van der Waals surface area (Å²) in [6, 6.07) is 1.93. The molecule has 0 aliphatic rings. The van der Waals surface area contributed by atoms with Crippen LogP contribution in [0.4, 0.5) is 0 Å². The number of rotatable bonds is 4. The highest BCUT2D eigenvalue weighted by Crippen LogP contribution is 2.05. The molecule has 2 aromatic heterocycles. The van der Waals surface area contributed by atoms with Crippen molar-refractivity contribution in [2.45, 2.75) is 33.4 Å². The number of aromatic nitrogens is 4. The Bertz CT molecular complexity index is 742. The van der Waals surface area contributed by atoms with E-state index in [1.54, 1.807) is 15.4 Å². The molecule has 0 amide bonds. The van der Waals surface area contributed by atoms with Crippen molar-refractivity contribution in [2.24, 2.45) is 7.05 Å². The van der Waals surface area contributed by atoms with Crippen LogP contribution in [0.1, 0.15) is 25.2 Å². The van der Waals surface area contributed by atoms with Crippen LogP contribution >= 0.6 is 22.6 Å². The van der Waals surface area contributed by atoms with Crippen LogP contribution in [0.15, 0.2) is 21.9 Å². The second-order valence-corrected chi connectivity index (χ2v) is 5.70. The van der Waals surface area contributed by atoms with Gasteiger partial charge < -0.3 is 0 Å². The Morgan fingerprint density at radius 2 is 2.00 bits per heavy atom. The summed E-state index contributed by atoms with van der Waals surface area (Å²) in [5, 5.41) is 4.34. The van der Waals surface area contributed by atoms with E-state index in [1.807, 2.05) is 49.6 Å². The second-order valence-electron chi connectivity index (χ2n) is 4.54. The molecule has 0 atom stereocenters. The maximum atomic E-state index is 12.3. The summed E-state index contributed by atoms with van der Waals surface area (Å²) >= 11 is 1.96. The molecular formula is C13H17IN4O2. The summed E-state index contributed by atoms with van der Waals surface area (Å²) < 4.78 is 5.07. The number of hydrogen-bond donors (Lipinski definition) is 0. The summed E-state index contributed by atoms with van der Waals surface area (Å²) in [6.45, 7) is 4.69. The zero-order valence-corrected chi connectivity index (χ0v) is 13.9. The van der Waals surface area contributed by atoms with Crippen molar-refractivity contribution in [3.05, 3.63) is 48.1 Å². The van der Waals surface area contributed by atoms with Crippen LogP contribution in [0.5, 0.6) is 0 Å². The van der Waals surface area contributed by atoms with Gasteiger partial charge in [-0.15, -0.1) is 0 Å². The van der Waals surface area contributed by atoms with Gasteiger partial charge in [0.1, 0.15) is 0 Å². The highest BCUT2D eigenvalue weighted by Gasteiger charge is 2.12. The molecule has 0 saturated heterocycles. The summed E-state index contributed by atoms with van der Waals surface area (Å²) in [6.07, 6.45) is 2.43. The third-order valence-electron chi connectivity index (χ3n) is 3.25. The first-order chi connectivity index (χ1) is 9.47. The molecule has 0 saturated carbocycles. The van der Waals surface area contributed by atoms with Crippen molar-refractivity contribution in [1.29, 1.82) is 0 Å². The van der Waals surface area contributed by atoms with Crippen LogP contribution in [0.3, 0.4) is 0 Å². The maximum absolute atomic E-state index is 12.3. The molecule has 0 N–H and O–H groups in total. The monoisotopic (exact) mass is 388 g/mol. The highest BCUT2D eigenvalue weighted by atomic mass is 127. The van der Waals surface area contributed by atoms with E-state index >= 15 is 0 Å². The first kappa shape index (κ1) is 15.0.